The molecule has 2 aliphatic rings. The fourth-order valence-corrected chi connectivity index (χ4v) is 3.51. The predicted octanol–water partition coefficient (Wildman–Crippen LogP) is 4.30. The Kier molecular flexibility index (Phi) is 6.61. The van der Waals surface area contributed by atoms with Crippen molar-refractivity contribution in [2.75, 3.05) is 44.2 Å². The summed E-state index contributed by atoms with van der Waals surface area (Å²) in [7, 11) is 0. The molecule has 0 N–H and O–H groups in total. The Morgan fingerprint density at radius 3 is 2.10 bits per heavy atom. The van der Waals surface area contributed by atoms with E-state index in [1.54, 1.807) is 6.07 Å². The lowest BCUT2D eigenvalue weighted by atomic mass is 10.1. The maximum absolute atomic E-state index is 12.6. The predicted molar refractivity (Wildman–Crippen MR) is 97.5 cm³/mol. The smallest absolute Gasteiger partial charge is 0.426 e. The molecule has 2 heterocycles. The molecule has 0 aliphatic carbocycles. The van der Waals surface area contributed by atoms with Crippen molar-refractivity contribution in [1.29, 1.82) is 0 Å². The second-order valence-corrected chi connectivity index (χ2v) is 7.66. The van der Waals surface area contributed by atoms with E-state index in [4.69, 9.17) is 11.6 Å². The molecule has 1 amide bonds. The number of hydrogen-bond donors (Lipinski definition) is 0. The maximum Gasteiger partial charge on any atom is 0.434 e. The third-order valence-corrected chi connectivity index (χ3v) is 5.32. The van der Waals surface area contributed by atoms with Crippen LogP contribution >= 0.6 is 11.6 Å². The zero-order chi connectivity index (χ0) is 22.1. The first-order valence-electron chi connectivity index (χ1n) is 9.30. The number of ether oxygens (including phenoxy) is 1. The van der Waals surface area contributed by atoms with E-state index in [1.807, 2.05) is 17.0 Å². The van der Waals surface area contributed by atoms with Gasteiger partial charge in [0.25, 0.3) is 6.10 Å². The van der Waals surface area contributed by atoms with E-state index in [0.717, 1.165) is 35.7 Å². The number of hydrogen-bond acceptors (Lipinski definition) is 4. The average Bonchev–Trinajstić information content (AvgIpc) is 2.59. The lowest BCUT2D eigenvalue weighted by Gasteiger charge is -2.38. The molecule has 2 saturated heterocycles. The summed E-state index contributed by atoms with van der Waals surface area (Å²) in [5, 5.41) is 0.608. The van der Waals surface area contributed by atoms with Crippen LogP contribution in [0.5, 0.6) is 0 Å². The minimum Gasteiger partial charge on any atom is -0.426 e. The van der Waals surface area contributed by atoms with Crippen LogP contribution in [0.2, 0.25) is 5.02 Å². The molecule has 1 aromatic carbocycles. The number of amides is 1. The van der Waals surface area contributed by atoms with Gasteiger partial charge in [-0.1, -0.05) is 17.7 Å². The van der Waals surface area contributed by atoms with Crippen molar-refractivity contribution < 1.29 is 35.9 Å². The zero-order valence-electron chi connectivity index (χ0n) is 15.8. The SMILES string of the molecule is O=C(OC(C(F)(F)F)C(F)(F)F)N1CCN(Cc2ccc(Cl)cc2N2CCC2)CC1. The molecule has 0 unspecified atom stereocenters. The van der Waals surface area contributed by atoms with E-state index >= 15 is 0 Å². The summed E-state index contributed by atoms with van der Waals surface area (Å²) in [5.41, 5.74) is 2.03. The molecule has 2 fully saturated rings. The van der Waals surface area contributed by atoms with Gasteiger partial charge in [-0.05, 0) is 24.1 Å². The molecule has 0 bridgehead atoms. The summed E-state index contributed by atoms with van der Waals surface area (Å²) in [6, 6.07) is 5.54. The van der Waals surface area contributed by atoms with Gasteiger partial charge in [-0.15, -0.1) is 0 Å². The number of halogens is 7. The minimum absolute atomic E-state index is 0.0338. The van der Waals surface area contributed by atoms with Crippen LogP contribution in [0, 0.1) is 0 Å². The number of anilines is 1. The van der Waals surface area contributed by atoms with Gasteiger partial charge in [0.15, 0.2) is 0 Å². The van der Waals surface area contributed by atoms with Gasteiger partial charge in [0.1, 0.15) is 0 Å². The van der Waals surface area contributed by atoms with Crippen molar-refractivity contribution in [2.45, 2.75) is 31.4 Å². The van der Waals surface area contributed by atoms with Crippen molar-refractivity contribution in [2.24, 2.45) is 0 Å². The number of alkyl halides is 6. The van der Waals surface area contributed by atoms with E-state index < -0.39 is 24.5 Å². The summed E-state index contributed by atoms with van der Waals surface area (Å²) in [4.78, 5) is 16.9. The number of nitrogens with zero attached hydrogens (tertiary/aromatic N) is 3. The number of rotatable bonds is 4. The van der Waals surface area contributed by atoms with E-state index in [2.05, 4.69) is 9.64 Å². The summed E-state index contributed by atoms with van der Waals surface area (Å²) in [5.74, 6) is 0. The third-order valence-electron chi connectivity index (χ3n) is 5.08. The van der Waals surface area contributed by atoms with Crippen LogP contribution in [0.25, 0.3) is 0 Å². The highest BCUT2D eigenvalue weighted by atomic mass is 35.5. The van der Waals surface area contributed by atoms with Gasteiger partial charge in [0.05, 0.1) is 0 Å². The van der Waals surface area contributed by atoms with Crippen molar-refractivity contribution in [1.82, 2.24) is 9.80 Å². The molecule has 0 atom stereocenters. The summed E-state index contributed by atoms with van der Waals surface area (Å²) in [6.45, 7) is 2.89. The molecule has 0 spiro atoms. The first-order chi connectivity index (χ1) is 13.9. The van der Waals surface area contributed by atoms with Gasteiger partial charge in [0, 0.05) is 56.5 Å². The van der Waals surface area contributed by atoms with Gasteiger partial charge in [0.2, 0.25) is 0 Å². The molecule has 3 rings (SSSR count). The lowest BCUT2D eigenvalue weighted by Crippen LogP contribution is -2.52. The third kappa shape index (κ3) is 5.42. The Balaban J connectivity index is 1.57. The van der Waals surface area contributed by atoms with E-state index in [0.29, 0.717) is 24.7 Å². The van der Waals surface area contributed by atoms with Crippen molar-refractivity contribution in [3.8, 4) is 0 Å². The van der Waals surface area contributed by atoms with E-state index in [9.17, 15) is 31.1 Å². The Labute approximate surface area is 174 Å². The Hall–Kier alpha value is -1.88. The zero-order valence-corrected chi connectivity index (χ0v) is 16.5. The van der Waals surface area contributed by atoms with Crippen LogP contribution in [0.1, 0.15) is 12.0 Å². The second-order valence-electron chi connectivity index (χ2n) is 7.22. The molecule has 0 aromatic heterocycles. The Morgan fingerprint density at radius 2 is 1.60 bits per heavy atom. The van der Waals surface area contributed by atoms with Gasteiger partial charge in [-0.2, -0.15) is 26.3 Å². The number of carbonyl (C=O) groups excluding carboxylic acids is 1. The highest BCUT2D eigenvalue weighted by Crippen LogP contribution is 2.36. The van der Waals surface area contributed by atoms with Gasteiger partial charge < -0.3 is 14.5 Å². The molecule has 1 aromatic rings. The van der Waals surface area contributed by atoms with Gasteiger partial charge >= 0.3 is 18.4 Å². The molecule has 0 saturated carbocycles. The average molecular weight is 460 g/mol. The van der Waals surface area contributed by atoms with Crippen LogP contribution < -0.4 is 4.90 Å². The molecule has 12 heteroatoms. The monoisotopic (exact) mass is 459 g/mol. The molecule has 168 valence electrons. The highest BCUT2D eigenvalue weighted by molar-refractivity contribution is 6.30. The molecular formula is C18H20ClF6N3O2. The molecular weight excluding hydrogens is 440 g/mol. The Morgan fingerprint density at radius 1 is 1.00 bits per heavy atom. The standard InChI is InChI=1S/C18H20ClF6N3O2/c19-13-3-2-12(14(10-13)27-4-1-5-27)11-26-6-8-28(9-7-26)16(29)30-15(17(20,21)22)18(23,24)25/h2-3,10,15H,1,4-9,11H2. The van der Waals surface area contributed by atoms with Crippen LogP contribution in [0.4, 0.5) is 36.8 Å². The topological polar surface area (TPSA) is 36.0 Å². The number of benzene rings is 1. The lowest BCUT2D eigenvalue weighted by molar-refractivity contribution is -0.308. The van der Waals surface area contributed by atoms with Crippen molar-refractivity contribution in [3.63, 3.8) is 0 Å². The fraction of sp³-hybridized carbons (Fsp3) is 0.611. The molecule has 5 nitrogen and oxygen atoms in total. The summed E-state index contributed by atoms with van der Waals surface area (Å²) >= 11 is 6.09. The van der Waals surface area contributed by atoms with E-state index in [-0.39, 0.29) is 13.1 Å². The molecule has 2 aliphatic heterocycles. The minimum atomic E-state index is -5.72. The van der Waals surface area contributed by atoms with Crippen LogP contribution in [-0.4, -0.2) is 73.6 Å². The van der Waals surface area contributed by atoms with Crippen LogP contribution in [0.3, 0.4) is 0 Å². The first kappa shape index (κ1) is 22.8. The summed E-state index contributed by atoms with van der Waals surface area (Å²) < 4.78 is 79.2. The number of carbonyl (C=O) groups is 1. The van der Waals surface area contributed by atoms with E-state index in [1.165, 1.54) is 0 Å². The Bertz CT molecular complexity index is 747. The van der Waals surface area contributed by atoms with Gasteiger partial charge in [-0.25, -0.2) is 4.79 Å². The quantitative estimate of drug-likeness (QED) is 0.629. The second kappa shape index (κ2) is 8.70. The largest absolute Gasteiger partial charge is 0.434 e. The fourth-order valence-electron chi connectivity index (χ4n) is 3.35. The van der Waals surface area contributed by atoms with Gasteiger partial charge in [-0.3, -0.25) is 4.90 Å². The number of piperazine rings is 1. The van der Waals surface area contributed by atoms with Crippen LogP contribution in [0.15, 0.2) is 18.2 Å². The van der Waals surface area contributed by atoms with Crippen molar-refractivity contribution >= 4 is 23.4 Å². The normalized spacial score (nSPS) is 18.5. The van der Waals surface area contributed by atoms with Crippen molar-refractivity contribution in [3.05, 3.63) is 28.8 Å². The first-order valence-corrected chi connectivity index (χ1v) is 9.67. The highest BCUT2D eigenvalue weighted by Gasteiger charge is 2.60. The van der Waals surface area contributed by atoms with Crippen LogP contribution in [-0.2, 0) is 11.3 Å². The maximum atomic E-state index is 12.6. The molecule has 0 radical (unpaired) electrons. The molecule has 30 heavy (non-hydrogen) atoms. The summed E-state index contributed by atoms with van der Waals surface area (Å²) in [6.07, 6.45) is -16.1.